The average Bonchev–Trinajstić information content (AvgIpc) is 3.43. The number of hydrogen-bond acceptors (Lipinski definition) is 4. The van der Waals surface area contributed by atoms with Gasteiger partial charge < -0.3 is 0 Å². The summed E-state index contributed by atoms with van der Waals surface area (Å²) >= 11 is 0. The van der Waals surface area contributed by atoms with Gasteiger partial charge in [0.1, 0.15) is 5.69 Å². The van der Waals surface area contributed by atoms with Crippen LogP contribution < -0.4 is 10.9 Å². The third kappa shape index (κ3) is 5.71. The Labute approximate surface area is 211 Å². The number of nitrogens with one attached hydrogen (secondary N) is 2. The van der Waals surface area contributed by atoms with Gasteiger partial charge in [0, 0.05) is 30.4 Å². The molecule has 2 aromatic carbocycles. The molecule has 8 heteroatoms. The minimum absolute atomic E-state index is 0.240. The highest BCUT2D eigenvalue weighted by Crippen LogP contribution is 2.23. The van der Waals surface area contributed by atoms with Crippen molar-refractivity contribution < 1.29 is 9.59 Å². The van der Waals surface area contributed by atoms with E-state index in [9.17, 15) is 9.59 Å². The Kier molecular flexibility index (Phi) is 7.63. The molecule has 0 bridgehead atoms. The van der Waals surface area contributed by atoms with Crippen molar-refractivity contribution in [2.45, 2.75) is 47.1 Å². The van der Waals surface area contributed by atoms with E-state index in [0.717, 1.165) is 34.7 Å². The number of benzene rings is 2. The Morgan fingerprint density at radius 2 is 1.58 bits per heavy atom. The second-order valence-corrected chi connectivity index (χ2v) is 9.27. The first kappa shape index (κ1) is 24.9. The van der Waals surface area contributed by atoms with E-state index in [2.05, 4.69) is 34.9 Å². The van der Waals surface area contributed by atoms with Crippen LogP contribution in [-0.2, 0) is 17.8 Å². The summed E-state index contributed by atoms with van der Waals surface area (Å²) in [5, 5.41) is 9.26. The highest BCUT2D eigenvalue weighted by Gasteiger charge is 2.20. The van der Waals surface area contributed by atoms with Gasteiger partial charge in [-0.05, 0) is 43.9 Å². The van der Waals surface area contributed by atoms with Crippen molar-refractivity contribution in [2.75, 3.05) is 0 Å². The molecule has 2 amide bonds. The van der Waals surface area contributed by atoms with E-state index in [1.807, 2.05) is 79.2 Å². The molecule has 4 rings (SSSR count). The summed E-state index contributed by atoms with van der Waals surface area (Å²) in [7, 11) is 0. The van der Waals surface area contributed by atoms with Crippen LogP contribution in [-0.4, -0.2) is 31.4 Å². The first-order chi connectivity index (χ1) is 17.3. The van der Waals surface area contributed by atoms with Gasteiger partial charge in [-0.3, -0.25) is 25.1 Å². The van der Waals surface area contributed by atoms with Crippen LogP contribution in [0.5, 0.6) is 0 Å². The second kappa shape index (κ2) is 11.0. The fourth-order valence-electron chi connectivity index (χ4n) is 4.18. The molecule has 0 aliphatic rings. The van der Waals surface area contributed by atoms with E-state index < -0.39 is 5.91 Å². The van der Waals surface area contributed by atoms with Crippen LogP contribution in [0.3, 0.4) is 0 Å². The largest absolute Gasteiger partial charge is 0.273 e. The fourth-order valence-corrected chi connectivity index (χ4v) is 4.18. The summed E-state index contributed by atoms with van der Waals surface area (Å²) in [6.45, 7) is 9.15. The van der Waals surface area contributed by atoms with Gasteiger partial charge >= 0.3 is 0 Å². The molecule has 2 aromatic heterocycles. The zero-order valence-electron chi connectivity index (χ0n) is 21.2. The molecule has 0 saturated carbocycles. The second-order valence-electron chi connectivity index (χ2n) is 9.27. The van der Waals surface area contributed by atoms with Crippen LogP contribution in [0.25, 0.3) is 16.9 Å². The van der Waals surface area contributed by atoms with Gasteiger partial charge in [-0.1, -0.05) is 62.4 Å². The first-order valence-corrected chi connectivity index (χ1v) is 12.2. The Hall–Kier alpha value is -4.20. The maximum Gasteiger partial charge on any atom is 0.273 e. The van der Waals surface area contributed by atoms with Gasteiger partial charge in [0.05, 0.1) is 16.9 Å². The number of carbonyl (C=O) groups is 2. The van der Waals surface area contributed by atoms with Gasteiger partial charge in [0.2, 0.25) is 5.91 Å². The van der Waals surface area contributed by atoms with E-state index in [1.54, 1.807) is 10.9 Å². The molecule has 36 heavy (non-hydrogen) atoms. The van der Waals surface area contributed by atoms with Crippen LogP contribution in [0, 0.1) is 19.8 Å². The number of para-hydroxylation sites is 1. The number of nitrogens with zero attached hydrogens (tertiary/aromatic N) is 4. The molecular weight excluding hydrogens is 452 g/mol. The molecule has 0 unspecified atom stereocenters. The van der Waals surface area contributed by atoms with E-state index >= 15 is 0 Å². The van der Waals surface area contributed by atoms with Gasteiger partial charge in [-0.15, -0.1) is 0 Å². The predicted molar refractivity (Wildman–Crippen MR) is 139 cm³/mol. The van der Waals surface area contributed by atoms with Gasteiger partial charge in [-0.25, -0.2) is 4.68 Å². The van der Waals surface area contributed by atoms with Crippen molar-refractivity contribution in [3.05, 3.63) is 89.4 Å². The van der Waals surface area contributed by atoms with Crippen molar-refractivity contribution in [3.63, 3.8) is 0 Å². The van der Waals surface area contributed by atoms with Crippen LogP contribution >= 0.6 is 0 Å². The lowest BCUT2D eigenvalue weighted by Crippen LogP contribution is -2.41. The number of hydrazine groups is 1. The quantitative estimate of drug-likeness (QED) is 0.363. The van der Waals surface area contributed by atoms with E-state index in [1.165, 1.54) is 0 Å². The predicted octanol–water partition coefficient (Wildman–Crippen LogP) is 4.40. The van der Waals surface area contributed by atoms with Crippen molar-refractivity contribution in [1.82, 2.24) is 30.4 Å². The standard InChI is InChI=1S/C28H32N6O2/c1-19(2)17-33-21(4)24(20(3)31-33)15-16-26(35)29-30-28(36)25-18-34(23-13-9-6-10-14-23)32-27(25)22-11-7-5-8-12-22/h5-14,18-19H,15-17H2,1-4H3,(H,29,35)(H,30,36). The van der Waals surface area contributed by atoms with Gasteiger partial charge in [-0.2, -0.15) is 10.2 Å². The summed E-state index contributed by atoms with van der Waals surface area (Å²) in [6.07, 6.45) is 2.47. The lowest BCUT2D eigenvalue weighted by Gasteiger charge is -2.09. The zero-order chi connectivity index (χ0) is 25.7. The van der Waals surface area contributed by atoms with Crippen LogP contribution in [0.4, 0.5) is 0 Å². The van der Waals surface area contributed by atoms with Crippen molar-refractivity contribution in [1.29, 1.82) is 0 Å². The molecule has 0 atom stereocenters. The smallest absolute Gasteiger partial charge is 0.273 e. The normalized spacial score (nSPS) is 11.0. The third-order valence-electron chi connectivity index (χ3n) is 6.01. The number of rotatable bonds is 8. The summed E-state index contributed by atoms with van der Waals surface area (Å²) in [5.74, 6) is -0.210. The Morgan fingerprint density at radius 1 is 0.917 bits per heavy atom. The summed E-state index contributed by atoms with van der Waals surface area (Å²) in [5.41, 5.74) is 10.8. The molecule has 0 fully saturated rings. The third-order valence-corrected chi connectivity index (χ3v) is 6.01. The summed E-state index contributed by atoms with van der Waals surface area (Å²) < 4.78 is 3.67. The molecule has 4 aromatic rings. The van der Waals surface area contributed by atoms with Crippen molar-refractivity contribution in [2.24, 2.45) is 5.92 Å². The number of aromatic nitrogens is 4. The number of carbonyl (C=O) groups excluding carboxylic acids is 2. The Bertz CT molecular complexity index is 1340. The monoisotopic (exact) mass is 484 g/mol. The highest BCUT2D eigenvalue weighted by atomic mass is 16.2. The summed E-state index contributed by atoms with van der Waals surface area (Å²) in [4.78, 5) is 25.7. The molecular formula is C28H32N6O2. The number of aryl methyl sites for hydroxylation is 1. The maximum atomic E-state index is 13.1. The SMILES string of the molecule is Cc1nn(CC(C)C)c(C)c1CCC(=O)NNC(=O)c1cn(-c2ccccc2)nc1-c1ccccc1. The molecule has 2 N–H and O–H groups in total. The Morgan fingerprint density at radius 3 is 2.25 bits per heavy atom. The van der Waals surface area contributed by atoms with Crippen LogP contribution in [0.2, 0.25) is 0 Å². The lowest BCUT2D eigenvalue weighted by molar-refractivity contribution is -0.121. The highest BCUT2D eigenvalue weighted by molar-refractivity contribution is 6.00. The number of amides is 2. The topological polar surface area (TPSA) is 93.8 Å². The van der Waals surface area contributed by atoms with Crippen LogP contribution in [0.15, 0.2) is 66.9 Å². The van der Waals surface area contributed by atoms with E-state index in [4.69, 9.17) is 0 Å². The Balaban J connectivity index is 1.44. The minimum atomic E-state index is -0.429. The minimum Gasteiger partial charge on any atom is -0.273 e. The molecule has 0 saturated heterocycles. The lowest BCUT2D eigenvalue weighted by atomic mass is 10.1. The van der Waals surface area contributed by atoms with E-state index in [-0.39, 0.29) is 12.3 Å². The molecule has 0 aliphatic carbocycles. The molecule has 0 radical (unpaired) electrons. The maximum absolute atomic E-state index is 13.1. The molecule has 0 spiro atoms. The molecule has 186 valence electrons. The van der Waals surface area contributed by atoms with Gasteiger partial charge in [0.25, 0.3) is 5.91 Å². The molecule has 2 heterocycles. The van der Waals surface area contributed by atoms with Crippen molar-refractivity contribution >= 4 is 11.8 Å². The summed E-state index contributed by atoms with van der Waals surface area (Å²) in [6, 6.07) is 19.1. The van der Waals surface area contributed by atoms with E-state index in [0.29, 0.717) is 23.6 Å². The zero-order valence-corrected chi connectivity index (χ0v) is 21.2. The van der Waals surface area contributed by atoms with Crippen LogP contribution in [0.1, 0.15) is 47.6 Å². The van der Waals surface area contributed by atoms with Gasteiger partial charge in [0.15, 0.2) is 0 Å². The first-order valence-electron chi connectivity index (χ1n) is 12.2. The van der Waals surface area contributed by atoms with Crippen molar-refractivity contribution in [3.8, 4) is 16.9 Å². The molecule has 0 aliphatic heterocycles. The molecule has 8 nitrogen and oxygen atoms in total. The number of hydrogen-bond donors (Lipinski definition) is 2. The average molecular weight is 485 g/mol. The fraction of sp³-hybridized carbons (Fsp3) is 0.286.